The Hall–Kier alpha value is -2.47. The van der Waals surface area contributed by atoms with Gasteiger partial charge in [0, 0.05) is 5.69 Å². The van der Waals surface area contributed by atoms with Crippen molar-refractivity contribution < 1.29 is 4.79 Å². The molecule has 4 nitrogen and oxygen atoms in total. The topological polar surface area (TPSA) is 44.4 Å². The van der Waals surface area contributed by atoms with Crippen LogP contribution in [0, 0.1) is 0 Å². The van der Waals surface area contributed by atoms with Gasteiger partial charge in [0.15, 0.2) is 0 Å². The van der Waals surface area contributed by atoms with Gasteiger partial charge in [0.25, 0.3) is 0 Å². The van der Waals surface area contributed by atoms with Crippen molar-refractivity contribution in [1.82, 2.24) is 10.3 Å². The molecule has 0 saturated carbocycles. The van der Waals surface area contributed by atoms with E-state index in [0.29, 0.717) is 0 Å². The molecule has 2 heterocycles. The van der Waals surface area contributed by atoms with Crippen LogP contribution < -0.4 is 10.7 Å². The summed E-state index contributed by atoms with van der Waals surface area (Å²) in [5, 5.41) is 10.1. The molecule has 0 bridgehead atoms. The number of carbonyl (C=O) groups excluding carboxylic acids is 1. The zero-order valence-corrected chi connectivity index (χ0v) is 16.9. The van der Waals surface area contributed by atoms with Gasteiger partial charge in [-0.3, -0.25) is 5.32 Å². The van der Waals surface area contributed by atoms with Crippen LogP contribution in [0.4, 0.5) is 5.69 Å². The first-order chi connectivity index (χ1) is 13.7. The summed E-state index contributed by atoms with van der Waals surface area (Å²) in [6, 6.07) is 20.2. The molecule has 2 N–H and O–H groups in total. The molecule has 28 heavy (non-hydrogen) atoms. The number of aldehydes is 1. The second kappa shape index (κ2) is 7.87. The molecule has 1 aromatic heterocycles. The Labute approximate surface area is 170 Å². The van der Waals surface area contributed by atoms with E-state index in [2.05, 4.69) is 64.6 Å². The van der Waals surface area contributed by atoms with Crippen molar-refractivity contribution in [3.63, 3.8) is 0 Å². The normalized spacial score (nSPS) is 24.9. The summed E-state index contributed by atoms with van der Waals surface area (Å²) in [5.41, 5.74) is 7.43. The van der Waals surface area contributed by atoms with Crippen LogP contribution in [0.3, 0.4) is 0 Å². The first-order valence-electron chi connectivity index (χ1n) is 9.62. The molecule has 3 aromatic rings. The minimum atomic E-state index is -0.511. The molecule has 144 valence electrons. The van der Waals surface area contributed by atoms with Crippen LogP contribution in [0.2, 0.25) is 0 Å². The summed E-state index contributed by atoms with van der Waals surface area (Å²) < 4.78 is 0. The number of hydrogen-bond donors (Lipinski definition) is 2. The fraction of sp³-hybridized carbons (Fsp3) is 0.261. The molecule has 0 amide bonds. The number of para-hydroxylation sites is 1. The van der Waals surface area contributed by atoms with Crippen LogP contribution in [0.25, 0.3) is 11.1 Å². The van der Waals surface area contributed by atoms with Crippen LogP contribution in [0.15, 0.2) is 71.4 Å². The molecule has 0 aliphatic carbocycles. The van der Waals surface area contributed by atoms with Crippen molar-refractivity contribution in [1.29, 1.82) is 0 Å². The first-order valence-corrected chi connectivity index (χ1v) is 10.6. The Morgan fingerprint density at radius 2 is 1.89 bits per heavy atom. The summed E-state index contributed by atoms with van der Waals surface area (Å²) in [5.74, 6) is 0. The predicted molar refractivity (Wildman–Crippen MR) is 116 cm³/mol. The molecule has 3 atom stereocenters. The van der Waals surface area contributed by atoms with Gasteiger partial charge in [0.05, 0.1) is 11.7 Å². The number of benzene rings is 2. The molecular formula is C23H25N3OS. The van der Waals surface area contributed by atoms with E-state index in [1.807, 2.05) is 36.4 Å². The lowest BCUT2D eigenvalue weighted by atomic mass is 9.82. The van der Waals surface area contributed by atoms with Gasteiger partial charge in [-0.25, -0.2) is 0 Å². The van der Waals surface area contributed by atoms with Gasteiger partial charge in [0.1, 0.15) is 12.3 Å². The van der Waals surface area contributed by atoms with Crippen LogP contribution in [0.5, 0.6) is 0 Å². The average Bonchev–Trinajstić information content (AvgIpc) is 3.36. The third kappa shape index (κ3) is 3.26. The Balaban J connectivity index is 1.76. The average molecular weight is 392 g/mol. The summed E-state index contributed by atoms with van der Waals surface area (Å²) in [7, 11) is 0. The van der Waals surface area contributed by atoms with E-state index in [1.54, 1.807) is 11.3 Å². The molecule has 5 heteroatoms. The van der Waals surface area contributed by atoms with Crippen molar-refractivity contribution in [2.45, 2.75) is 38.0 Å². The highest BCUT2D eigenvalue weighted by atomic mass is 32.1. The molecule has 1 saturated heterocycles. The maximum Gasteiger partial charge on any atom is 0.141 e. The Bertz CT molecular complexity index is 928. The fourth-order valence-electron chi connectivity index (χ4n) is 4.13. The van der Waals surface area contributed by atoms with E-state index < -0.39 is 5.54 Å². The second-order valence-corrected chi connectivity index (χ2v) is 8.07. The number of thiophene rings is 1. The lowest BCUT2D eigenvalue weighted by Gasteiger charge is -2.33. The summed E-state index contributed by atoms with van der Waals surface area (Å²) in [6.45, 7) is 4.27. The van der Waals surface area contributed by atoms with Crippen molar-refractivity contribution in [2.75, 3.05) is 5.43 Å². The molecular weight excluding hydrogens is 366 g/mol. The molecule has 0 spiro atoms. The van der Waals surface area contributed by atoms with Gasteiger partial charge in [-0.05, 0) is 59.0 Å². The predicted octanol–water partition coefficient (Wildman–Crippen LogP) is 4.87. The van der Waals surface area contributed by atoms with E-state index in [-0.39, 0.29) is 12.2 Å². The molecule has 1 aliphatic rings. The number of carbonyl (C=O) groups is 1. The van der Waals surface area contributed by atoms with Crippen LogP contribution in [0.1, 0.15) is 25.8 Å². The van der Waals surface area contributed by atoms with Gasteiger partial charge in [-0.2, -0.15) is 16.3 Å². The summed E-state index contributed by atoms with van der Waals surface area (Å²) in [4.78, 5) is 12.3. The third-order valence-corrected chi connectivity index (χ3v) is 6.24. The molecule has 2 aromatic carbocycles. The van der Waals surface area contributed by atoms with E-state index in [1.165, 1.54) is 11.1 Å². The van der Waals surface area contributed by atoms with Crippen LogP contribution in [-0.4, -0.2) is 23.5 Å². The monoisotopic (exact) mass is 391 g/mol. The summed E-state index contributed by atoms with van der Waals surface area (Å²) >= 11 is 1.69. The quantitative estimate of drug-likeness (QED) is 0.589. The number of rotatable bonds is 6. The van der Waals surface area contributed by atoms with Crippen LogP contribution in [-0.2, 0) is 10.3 Å². The Kier molecular flexibility index (Phi) is 5.31. The first kappa shape index (κ1) is 18.9. The van der Waals surface area contributed by atoms with Gasteiger partial charge >= 0.3 is 0 Å². The minimum absolute atomic E-state index is 0.0379. The molecule has 1 fully saturated rings. The largest absolute Gasteiger partial charge is 0.317 e. The highest BCUT2D eigenvalue weighted by Gasteiger charge is 2.50. The van der Waals surface area contributed by atoms with E-state index in [0.717, 1.165) is 24.0 Å². The third-order valence-electron chi connectivity index (χ3n) is 5.56. The van der Waals surface area contributed by atoms with E-state index >= 15 is 0 Å². The van der Waals surface area contributed by atoms with Crippen molar-refractivity contribution >= 4 is 23.3 Å². The Morgan fingerprint density at radius 3 is 2.57 bits per heavy atom. The molecule has 4 rings (SSSR count). The lowest BCUT2D eigenvalue weighted by molar-refractivity contribution is -0.112. The van der Waals surface area contributed by atoms with Gasteiger partial charge in [-0.1, -0.05) is 49.4 Å². The SMILES string of the molecule is CCC1NC(C)(c2ccccc2-c2ccsc2)C(C=O)N1Nc1ccccc1. The smallest absolute Gasteiger partial charge is 0.141 e. The van der Waals surface area contributed by atoms with E-state index in [4.69, 9.17) is 0 Å². The molecule has 1 aliphatic heterocycles. The highest BCUT2D eigenvalue weighted by Crippen LogP contribution is 2.40. The maximum absolute atomic E-state index is 12.3. The molecule has 3 unspecified atom stereocenters. The Morgan fingerprint density at radius 1 is 1.14 bits per heavy atom. The lowest BCUT2D eigenvalue weighted by Crippen LogP contribution is -2.47. The summed E-state index contributed by atoms with van der Waals surface area (Å²) in [6.07, 6.45) is 1.97. The number of hydrogen-bond acceptors (Lipinski definition) is 5. The zero-order chi connectivity index (χ0) is 19.6. The number of nitrogens with one attached hydrogen (secondary N) is 2. The van der Waals surface area contributed by atoms with Crippen molar-refractivity contribution in [2.24, 2.45) is 0 Å². The van der Waals surface area contributed by atoms with E-state index in [9.17, 15) is 4.79 Å². The fourth-order valence-corrected chi connectivity index (χ4v) is 4.78. The van der Waals surface area contributed by atoms with Crippen molar-refractivity contribution in [3.8, 4) is 11.1 Å². The van der Waals surface area contributed by atoms with Crippen molar-refractivity contribution in [3.05, 3.63) is 77.0 Å². The standard InChI is InChI=1S/C23H25N3OS/c1-3-22-24-23(2,20-12-8-7-11-19(20)17-13-14-28-16-17)21(15-27)26(22)25-18-9-5-4-6-10-18/h4-16,21-22,24-25H,3H2,1-2H3. The van der Waals surface area contributed by atoms with Gasteiger partial charge in [0.2, 0.25) is 0 Å². The van der Waals surface area contributed by atoms with Crippen LogP contribution >= 0.6 is 11.3 Å². The zero-order valence-electron chi connectivity index (χ0n) is 16.1. The maximum atomic E-state index is 12.3. The number of nitrogens with zero attached hydrogens (tertiary/aromatic N) is 1. The van der Waals surface area contributed by atoms with Gasteiger partial charge < -0.3 is 10.2 Å². The second-order valence-electron chi connectivity index (χ2n) is 7.29. The number of hydrazine groups is 1. The molecule has 0 radical (unpaired) electrons. The van der Waals surface area contributed by atoms with Gasteiger partial charge in [-0.15, -0.1) is 0 Å². The minimum Gasteiger partial charge on any atom is -0.317 e. The highest BCUT2D eigenvalue weighted by molar-refractivity contribution is 7.08. The number of anilines is 1.